The van der Waals surface area contributed by atoms with Crippen LogP contribution in [0.4, 0.5) is 0 Å². The van der Waals surface area contributed by atoms with Gasteiger partial charge < -0.3 is 15.0 Å². The summed E-state index contributed by atoms with van der Waals surface area (Å²) in [4.78, 5) is 2.51. The van der Waals surface area contributed by atoms with Crippen molar-refractivity contribution in [2.24, 2.45) is 0 Å². The minimum Gasteiger partial charge on any atom is -0.381 e. The van der Waals surface area contributed by atoms with Gasteiger partial charge in [-0.25, -0.2) is 0 Å². The van der Waals surface area contributed by atoms with Crippen molar-refractivity contribution in [3.8, 4) is 0 Å². The zero-order valence-electron chi connectivity index (χ0n) is 8.88. The molecule has 1 atom stereocenters. The fourth-order valence-electron chi connectivity index (χ4n) is 1.75. The fourth-order valence-corrected chi connectivity index (χ4v) is 1.75. The first-order chi connectivity index (χ1) is 6.36. The summed E-state index contributed by atoms with van der Waals surface area (Å²) in [6.45, 7) is 8.05. The van der Waals surface area contributed by atoms with Gasteiger partial charge in [0.2, 0.25) is 0 Å². The first-order valence-electron chi connectivity index (χ1n) is 5.32. The summed E-state index contributed by atoms with van der Waals surface area (Å²) < 4.78 is 5.35. The van der Waals surface area contributed by atoms with Crippen molar-refractivity contribution in [3.63, 3.8) is 0 Å². The summed E-state index contributed by atoms with van der Waals surface area (Å²) in [6, 6.07) is 0. The van der Waals surface area contributed by atoms with Crippen LogP contribution in [0, 0.1) is 0 Å². The SMILES string of the molecule is CCC(CCN1CCNCC1)OC. The van der Waals surface area contributed by atoms with Crippen LogP contribution >= 0.6 is 0 Å². The zero-order chi connectivity index (χ0) is 9.52. The second kappa shape index (κ2) is 6.35. The molecule has 1 rings (SSSR count). The van der Waals surface area contributed by atoms with Crippen LogP contribution in [0.25, 0.3) is 0 Å². The minimum atomic E-state index is 0.454. The molecule has 1 fully saturated rings. The molecule has 0 saturated carbocycles. The smallest absolute Gasteiger partial charge is 0.0580 e. The second-order valence-corrected chi connectivity index (χ2v) is 3.65. The number of nitrogens with zero attached hydrogens (tertiary/aromatic N) is 1. The van der Waals surface area contributed by atoms with E-state index in [9.17, 15) is 0 Å². The van der Waals surface area contributed by atoms with Gasteiger partial charge in [-0.05, 0) is 12.8 Å². The van der Waals surface area contributed by atoms with Crippen LogP contribution in [0.2, 0.25) is 0 Å². The van der Waals surface area contributed by atoms with Crippen LogP contribution in [0.1, 0.15) is 19.8 Å². The Bertz CT molecular complexity index is 120. The van der Waals surface area contributed by atoms with Gasteiger partial charge in [-0.15, -0.1) is 0 Å². The Morgan fingerprint density at radius 2 is 2.08 bits per heavy atom. The molecule has 1 N–H and O–H groups in total. The third-order valence-corrected chi connectivity index (χ3v) is 2.77. The predicted octanol–water partition coefficient (Wildman–Crippen LogP) is 0.707. The highest BCUT2D eigenvalue weighted by atomic mass is 16.5. The van der Waals surface area contributed by atoms with Crippen LogP contribution in [-0.4, -0.2) is 50.8 Å². The van der Waals surface area contributed by atoms with Crippen molar-refractivity contribution in [2.75, 3.05) is 39.8 Å². The molecule has 0 aromatic heterocycles. The average Bonchev–Trinajstić information content (AvgIpc) is 2.21. The molecule has 1 aliphatic rings. The molecule has 78 valence electrons. The lowest BCUT2D eigenvalue weighted by molar-refractivity contribution is 0.0784. The number of ether oxygens (including phenoxy) is 1. The highest BCUT2D eigenvalue weighted by Crippen LogP contribution is 2.04. The van der Waals surface area contributed by atoms with Gasteiger partial charge >= 0.3 is 0 Å². The van der Waals surface area contributed by atoms with Crippen molar-refractivity contribution in [3.05, 3.63) is 0 Å². The molecular formula is C10H22N2O. The Morgan fingerprint density at radius 1 is 1.38 bits per heavy atom. The molecule has 0 spiro atoms. The lowest BCUT2D eigenvalue weighted by atomic mass is 10.2. The van der Waals surface area contributed by atoms with Gasteiger partial charge in [0.25, 0.3) is 0 Å². The summed E-state index contributed by atoms with van der Waals surface area (Å²) in [5, 5.41) is 3.36. The largest absolute Gasteiger partial charge is 0.381 e. The number of nitrogens with one attached hydrogen (secondary N) is 1. The van der Waals surface area contributed by atoms with Crippen molar-refractivity contribution in [1.29, 1.82) is 0 Å². The van der Waals surface area contributed by atoms with Crippen LogP contribution in [0.5, 0.6) is 0 Å². The first kappa shape index (κ1) is 11.0. The Kier molecular flexibility index (Phi) is 5.35. The van der Waals surface area contributed by atoms with Crippen LogP contribution in [0.15, 0.2) is 0 Å². The van der Waals surface area contributed by atoms with Crippen LogP contribution in [-0.2, 0) is 4.74 Å². The van der Waals surface area contributed by atoms with E-state index in [-0.39, 0.29) is 0 Å². The highest BCUT2D eigenvalue weighted by molar-refractivity contribution is 4.69. The maximum atomic E-state index is 5.35. The minimum absolute atomic E-state index is 0.454. The van der Waals surface area contributed by atoms with Gasteiger partial charge in [-0.2, -0.15) is 0 Å². The number of methoxy groups -OCH3 is 1. The van der Waals surface area contributed by atoms with E-state index in [1.165, 1.54) is 26.1 Å². The first-order valence-corrected chi connectivity index (χ1v) is 5.32. The molecule has 13 heavy (non-hydrogen) atoms. The van der Waals surface area contributed by atoms with Gasteiger partial charge in [-0.3, -0.25) is 0 Å². The fraction of sp³-hybridized carbons (Fsp3) is 1.00. The molecule has 1 aliphatic heterocycles. The molecule has 1 unspecified atom stereocenters. The normalized spacial score (nSPS) is 21.7. The molecule has 3 heteroatoms. The number of hydrogen-bond donors (Lipinski definition) is 1. The van der Waals surface area contributed by atoms with Crippen LogP contribution in [0.3, 0.4) is 0 Å². The van der Waals surface area contributed by atoms with E-state index in [0.717, 1.165) is 19.5 Å². The molecular weight excluding hydrogens is 164 g/mol. The van der Waals surface area contributed by atoms with Gasteiger partial charge in [0, 0.05) is 39.8 Å². The van der Waals surface area contributed by atoms with E-state index in [1.807, 2.05) is 7.11 Å². The third-order valence-electron chi connectivity index (χ3n) is 2.77. The van der Waals surface area contributed by atoms with Crippen molar-refractivity contribution >= 4 is 0 Å². The molecule has 1 heterocycles. The molecule has 0 aromatic rings. The predicted molar refractivity (Wildman–Crippen MR) is 55.0 cm³/mol. The zero-order valence-corrected chi connectivity index (χ0v) is 8.88. The molecule has 0 bridgehead atoms. The van der Waals surface area contributed by atoms with Gasteiger partial charge in [-0.1, -0.05) is 6.92 Å². The van der Waals surface area contributed by atoms with E-state index >= 15 is 0 Å². The molecule has 1 saturated heterocycles. The summed E-state index contributed by atoms with van der Waals surface area (Å²) in [7, 11) is 1.81. The van der Waals surface area contributed by atoms with Crippen molar-refractivity contribution in [2.45, 2.75) is 25.9 Å². The standard InChI is InChI=1S/C10H22N2O/c1-3-10(13-2)4-7-12-8-5-11-6-9-12/h10-11H,3-9H2,1-2H3. The highest BCUT2D eigenvalue weighted by Gasteiger charge is 2.11. The van der Waals surface area contributed by atoms with Crippen LogP contribution < -0.4 is 5.32 Å². The van der Waals surface area contributed by atoms with E-state index < -0.39 is 0 Å². The van der Waals surface area contributed by atoms with E-state index in [0.29, 0.717) is 6.10 Å². The van der Waals surface area contributed by atoms with Gasteiger partial charge in [0.1, 0.15) is 0 Å². The Hall–Kier alpha value is -0.120. The summed E-state index contributed by atoms with van der Waals surface area (Å²) in [6.07, 6.45) is 2.75. The average molecular weight is 186 g/mol. The molecule has 3 nitrogen and oxygen atoms in total. The second-order valence-electron chi connectivity index (χ2n) is 3.65. The molecule has 0 aromatic carbocycles. The number of hydrogen-bond acceptors (Lipinski definition) is 3. The molecule has 0 radical (unpaired) electrons. The van der Waals surface area contributed by atoms with Gasteiger partial charge in [0.05, 0.1) is 6.10 Å². The summed E-state index contributed by atoms with van der Waals surface area (Å²) >= 11 is 0. The Morgan fingerprint density at radius 3 is 2.62 bits per heavy atom. The van der Waals surface area contributed by atoms with E-state index in [4.69, 9.17) is 4.74 Å². The molecule has 0 aliphatic carbocycles. The Balaban J connectivity index is 2.09. The molecule has 0 amide bonds. The Labute approximate surface area is 81.4 Å². The topological polar surface area (TPSA) is 24.5 Å². The van der Waals surface area contributed by atoms with Gasteiger partial charge in [0.15, 0.2) is 0 Å². The lowest BCUT2D eigenvalue weighted by Gasteiger charge is -2.28. The summed E-state index contributed by atoms with van der Waals surface area (Å²) in [5.41, 5.74) is 0. The van der Waals surface area contributed by atoms with E-state index in [1.54, 1.807) is 0 Å². The maximum absolute atomic E-state index is 5.35. The van der Waals surface area contributed by atoms with Crippen molar-refractivity contribution in [1.82, 2.24) is 10.2 Å². The third kappa shape index (κ3) is 4.07. The summed E-state index contributed by atoms with van der Waals surface area (Å²) in [5.74, 6) is 0. The van der Waals surface area contributed by atoms with Crippen molar-refractivity contribution < 1.29 is 4.74 Å². The maximum Gasteiger partial charge on any atom is 0.0580 e. The monoisotopic (exact) mass is 186 g/mol. The number of rotatable bonds is 5. The lowest BCUT2D eigenvalue weighted by Crippen LogP contribution is -2.44. The quantitative estimate of drug-likeness (QED) is 0.684. The van der Waals surface area contributed by atoms with E-state index in [2.05, 4.69) is 17.1 Å². The number of piperazine rings is 1.